The molecule has 25 heavy (non-hydrogen) atoms. The van der Waals surface area contributed by atoms with E-state index in [-0.39, 0.29) is 41.5 Å². The number of ether oxygens (including phenoxy) is 1. The molecule has 2 aliphatic rings. The summed E-state index contributed by atoms with van der Waals surface area (Å²) in [7, 11) is -1.14. The lowest BCUT2D eigenvalue weighted by atomic mass is 10.1. The van der Waals surface area contributed by atoms with Crippen molar-refractivity contribution in [2.75, 3.05) is 31.7 Å². The molecule has 0 amide bonds. The van der Waals surface area contributed by atoms with Gasteiger partial charge in [-0.1, -0.05) is 25.7 Å². The maximum atomic E-state index is 11.5. The molecule has 1 unspecified atom stereocenters. The molecule has 2 fully saturated rings. The molecule has 0 bridgehead atoms. The highest BCUT2D eigenvalue weighted by atomic mass is 127. The minimum absolute atomic E-state index is 0. The molecular formula is C17H34IN3O3S. The number of rotatable bonds is 7. The number of hydrogen-bond acceptors (Lipinski definition) is 4. The summed E-state index contributed by atoms with van der Waals surface area (Å²) in [5.41, 5.74) is 0. The number of nitrogens with one attached hydrogen (secondary N) is 2. The summed E-state index contributed by atoms with van der Waals surface area (Å²) in [5.74, 6) is 1.19. The van der Waals surface area contributed by atoms with E-state index in [1.54, 1.807) is 7.05 Å². The van der Waals surface area contributed by atoms with Gasteiger partial charge in [0.15, 0.2) is 15.8 Å². The van der Waals surface area contributed by atoms with Crippen molar-refractivity contribution >= 4 is 39.8 Å². The van der Waals surface area contributed by atoms with E-state index in [0.29, 0.717) is 18.5 Å². The molecule has 1 aliphatic heterocycles. The molecule has 0 radical (unpaired) electrons. The van der Waals surface area contributed by atoms with Crippen molar-refractivity contribution in [2.45, 2.75) is 69.9 Å². The van der Waals surface area contributed by atoms with Crippen LogP contribution in [-0.4, -0.2) is 58.2 Å². The Morgan fingerprint density at radius 1 is 1.12 bits per heavy atom. The Hall–Kier alpha value is -0.0900. The zero-order valence-corrected chi connectivity index (χ0v) is 18.5. The molecule has 1 atom stereocenters. The van der Waals surface area contributed by atoms with Gasteiger partial charge in [0, 0.05) is 26.2 Å². The Balaban J connectivity index is 0.00000312. The van der Waals surface area contributed by atoms with Gasteiger partial charge in [-0.3, -0.25) is 4.99 Å². The number of aliphatic imine (C=N–C) groups is 1. The summed E-state index contributed by atoms with van der Waals surface area (Å²) in [6.07, 6.45) is 11.0. The van der Waals surface area contributed by atoms with Gasteiger partial charge < -0.3 is 15.4 Å². The van der Waals surface area contributed by atoms with Crippen molar-refractivity contribution in [3.63, 3.8) is 0 Å². The van der Waals surface area contributed by atoms with Crippen LogP contribution in [0.5, 0.6) is 0 Å². The second-order valence-corrected chi connectivity index (χ2v) is 9.16. The second kappa shape index (κ2) is 12.3. The van der Waals surface area contributed by atoms with Crippen molar-refractivity contribution in [2.24, 2.45) is 4.99 Å². The van der Waals surface area contributed by atoms with Gasteiger partial charge in [-0.05, 0) is 32.1 Å². The predicted octanol–water partition coefficient (Wildman–Crippen LogP) is 2.48. The number of halogens is 1. The van der Waals surface area contributed by atoms with Crippen LogP contribution in [0.3, 0.4) is 0 Å². The van der Waals surface area contributed by atoms with Crippen LogP contribution in [0.2, 0.25) is 0 Å². The minimum atomic E-state index is -2.86. The molecule has 1 aliphatic carbocycles. The van der Waals surface area contributed by atoms with Crippen molar-refractivity contribution < 1.29 is 13.2 Å². The van der Waals surface area contributed by atoms with E-state index in [1.165, 1.54) is 38.5 Å². The van der Waals surface area contributed by atoms with E-state index in [1.807, 2.05) is 0 Å². The van der Waals surface area contributed by atoms with Gasteiger partial charge in [0.25, 0.3) is 0 Å². The van der Waals surface area contributed by atoms with Gasteiger partial charge in [0.2, 0.25) is 0 Å². The lowest BCUT2D eigenvalue weighted by Gasteiger charge is -2.17. The van der Waals surface area contributed by atoms with E-state index in [4.69, 9.17) is 4.74 Å². The van der Waals surface area contributed by atoms with Crippen molar-refractivity contribution in [1.82, 2.24) is 10.6 Å². The standard InChI is InChI=1S/C17H33N3O3S.HI/c1-18-17(20-15-10-13-24(21,22)14-15)19-11-6-7-12-23-16-8-4-2-3-5-9-16;/h15-16H,2-14H2,1H3,(H2,18,19,20);1H. The minimum Gasteiger partial charge on any atom is -0.378 e. The van der Waals surface area contributed by atoms with E-state index in [9.17, 15) is 8.42 Å². The number of hydrogen-bond donors (Lipinski definition) is 2. The lowest BCUT2D eigenvalue weighted by Crippen LogP contribution is -2.44. The summed E-state index contributed by atoms with van der Waals surface area (Å²) in [6, 6.07) is -0.0141. The van der Waals surface area contributed by atoms with Crippen LogP contribution in [0.4, 0.5) is 0 Å². The quantitative estimate of drug-likeness (QED) is 0.190. The van der Waals surface area contributed by atoms with E-state index in [0.717, 1.165) is 26.0 Å². The van der Waals surface area contributed by atoms with Crippen molar-refractivity contribution in [3.05, 3.63) is 0 Å². The highest BCUT2D eigenvalue weighted by Gasteiger charge is 2.28. The van der Waals surface area contributed by atoms with Crippen LogP contribution in [-0.2, 0) is 14.6 Å². The van der Waals surface area contributed by atoms with Gasteiger partial charge in [0.05, 0.1) is 17.6 Å². The molecule has 1 saturated carbocycles. The molecular weight excluding hydrogens is 453 g/mol. The van der Waals surface area contributed by atoms with Crippen LogP contribution in [0.25, 0.3) is 0 Å². The zero-order chi connectivity index (χ0) is 17.3. The van der Waals surface area contributed by atoms with Gasteiger partial charge in [0.1, 0.15) is 0 Å². The highest BCUT2D eigenvalue weighted by molar-refractivity contribution is 14.0. The SMILES string of the molecule is CN=C(NCCCCOC1CCCCCC1)NC1CCS(=O)(=O)C1.I. The molecule has 1 heterocycles. The molecule has 1 saturated heterocycles. The Bertz CT molecular complexity index is 491. The van der Waals surface area contributed by atoms with Crippen LogP contribution >= 0.6 is 24.0 Å². The molecule has 0 spiro atoms. The summed E-state index contributed by atoms with van der Waals surface area (Å²) in [5, 5.41) is 6.46. The molecule has 0 aromatic carbocycles. The first-order valence-corrected chi connectivity index (χ1v) is 11.2. The predicted molar refractivity (Wildman–Crippen MR) is 114 cm³/mol. The summed E-state index contributed by atoms with van der Waals surface area (Å²) in [6.45, 7) is 1.66. The van der Waals surface area contributed by atoms with Crippen molar-refractivity contribution in [3.8, 4) is 0 Å². The topological polar surface area (TPSA) is 79.8 Å². The Labute approximate surface area is 169 Å². The normalized spacial score (nSPS) is 24.4. The number of unbranched alkanes of at least 4 members (excludes halogenated alkanes) is 1. The third kappa shape index (κ3) is 9.42. The summed E-state index contributed by atoms with van der Waals surface area (Å²) < 4.78 is 28.9. The Morgan fingerprint density at radius 2 is 1.84 bits per heavy atom. The Kier molecular flexibility index (Phi) is 11.3. The second-order valence-electron chi connectivity index (χ2n) is 6.93. The average molecular weight is 487 g/mol. The van der Waals surface area contributed by atoms with E-state index >= 15 is 0 Å². The van der Waals surface area contributed by atoms with Crippen LogP contribution in [0, 0.1) is 0 Å². The molecule has 0 aromatic heterocycles. The number of guanidine groups is 1. The molecule has 8 heteroatoms. The van der Waals surface area contributed by atoms with E-state index in [2.05, 4.69) is 15.6 Å². The Morgan fingerprint density at radius 3 is 2.44 bits per heavy atom. The lowest BCUT2D eigenvalue weighted by molar-refractivity contribution is 0.0411. The molecule has 2 rings (SSSR count). The first-order valence-electron chi connectivity index (χ1n) is 9.38. The monoisotopic (exact) mass is 487 g/mol. The fourth-order valence-corrected chi connectivity index (χ4v) is 5.06. The highest BCUT2D eigenvalue weighted by Crippen LogP contribution is 2.19. The average Bonchev–Trinajstić information content (AvgIpc) is 2.76. The smallest absolute Gasteiger partial charge is 0.191 e. The van der Waals surface area contributed by atoms with Crippen LogP contribution in [0.1, 0.15) is 57.8 Å². The van der Waals surface area contributed by atoms with Gasteiger partial charge in [-0.15, -0.1) is 24.0 Å². The fraction of sp³-hybridized carbons (Fsp3) is 0.941. The molecule has 148 valence electrons. The zero-order valence-electron chi connectivity index (χ0n) is 15.3. The third-order valence-electron chi connectivity index (χ3n) is 4.82. The first-order chi connectivity index (χ1) is 11.6. The maximum absolute atomic E-state index is 11.5. The molecule has 6 nitrogen and oxygen atoms in total. The van der Waals surface area contributed by atoms with Crippen LogP contribution in [0.15, 0.2) is 4.99 Å². The third-order valence-corrected chi connectivity index (χ3v) is 6.58. The van der Waals surface area contributed by atoms with Crippen LogP contribution < -0.4 is 10.6 Å². The number of nitrogens with zero attached hydrogens (tertiary/aromatic N) is 1. The molecule has 0 aromatic rings. The largest absolute Gasteiger partial charge is 0.378 e. The number of sulfone groups is 1. The van der Waals surface area contributed by atoms with Crippen molar-refractivity contribution in [1.29, 1.82) is 0 Å². The van der Waals surface area contributed by atoms with Gasteiger partial charge in [-0.25, -0.2) is 8.42 Å². The first kappa shape index (κ1) is 23.0. The van der Waals surface area contributed by atoms with E-state index < -0.39 is 9.84 Å². The summed E-state index contributed by atoms with van der Waals surface area (Å²) in [4.78, 5) is 4.17. The summed E-state index contributed by atoms with van der Waals surface area (Å²) >= 11 is 0. The maximum Gasteiger partial charge on any atom is 0.191 e. The van der Waals surface area contributed by atoms with Gasteiger partial charge in [-0.2, -0.15) is 0 Å². The van der Waals surface area contributed by atoms with Gasteiger partial charge >= 0.3 is 0 Å². The molecule has 2 N–H and O–H groups in total. The fourth-order valence-electron chi connectivity index (χ4n) is 3.39.